The van der Waals surface area contributed by atoms with Crippen LogP contribution in [0.2, 0.25) is 0 Å². The molecule has 1 fully saturated rings. The smallest absolute Gasteiger partial charge is 0.290 e. The lowest BCUT2D eigenvalue weighted by atomic mass is 9.77. The molecule has 24 heavy (non-hydrogen) atoms. The zero-order chi connectivity index (χ0) is 17.2. The summed E-state index contributed by atoms with van der Waals surface area (Å²) < 4.78 is 18.5. The number of likely N-dealkylation sites (tertiary alicyclic amines) is 1. The van der Waals surface area contributed by atoms with Crippen molar-refractivity contribution in [1.29, 1.82) is 0 Å². The van der Waals surface area contributed by atoms with Crippen LogP contribution in [0.5, 0.6) is 0 Å². The first kappa shape index (κ1) is 16.7. The summed E-state index contributed by atoms with van der Waals surface area (Å²) in [7, 11) is 0. The molecule has 128 valence electrons. The van der Waals surface area contributed by atoms with Crippen molar-refractivity contribution in [3.63, 3.8) is 0 Å². The van der Waals surface area contributed by atoms with Crippen molar-refractivity contribution >= 4 is 5.91 Å². The van der Waals surface area contributed by atoms with Crippen molar-refractivity contribution in [3.8, 4) is 11.1 Å². The molecule has 0 spiro atoms. The van der Waals surface area contributed by atoms with Crippen LogP contribution in [0.15, 0.2) is 41.0 Å². The topological polar surface area (TPSA) is 53.7 Å². The molecule has 1 aromatic carbocycles. The fourth-order valence-electron chi connectivity index (χ4n) is 3.28. The minimum atomic E-state index is -0.314. The van der Waals surface area contributed by atoms with Crippen molar-refractivity contribution < 1.29 is 18.7 Å². The number of furan rings is 1. The minimum absolute atomic E-state index is 0.0697. The van der Waals surface area contributed by atoms with Gasteiger partial charge in [-0.05, 0) is 48.4 Å². The number of rotatable bonds is 4. The molecule has 0 saturated carbocycles. The van der Waals surface area contributed by atoms with Crippen LogP contribution in [0.4, 0.5) is 4.39 Å². The SMILES string of the molecule is CCC1(CO)CCN(C(=O)c2occc2-c2ccc(F)cc2)CC1. The molecule has 0 unspecified atom stereocenters. The van der Waals surface area contributed by atoms with Gasteiger partial charge in [0, 0.05) is 25.3 Å². The second kappa shape index (κ2) is 6.77. The summed E-state index contributed by atoms with van der Waals surface area (Å²) >= 11 is 0. The number of halogens is 1. The standard InChI is InChI=1S/C19H22FNO3/c1-2-19(13-22)8-10-21(11-9-19)18(23)17-16(7-12-24-17)14-3-5-15(20)6-4-14/h3-7,12,22H,2,8-11,13H2,1H3. The van der Waals surface area contributed by atoms with Gasteiger partial charge >= 0.3 is 0 Å². The van der Waals surface area contributed by atoms with E-state index in [1.54, 1.807) is 23.1 Å². The number of carbonyl (C=O) groups excluding carboxylic acids is 1. The van der Waals surface area contributed by atoms with Crippen LogP contribution in [-0.4, -0.2) is 35.6 Å². The van der Waals surface area contributed by atoms with Crippen LogP contribution in [0, 0.1) is 11.2 Å². The van der Waals surface area contributed by atoms with E-state index in [1.165, 1.54) is 18.4 Å². The Morgan fingerprint density at radius 3 is 2.50 bits per heavy atom. The van der Waals surface area contributed by atoms with E-state index >= 15 is 0 Å². The average Bonchev–Trinajstić information content (AvgIpc) is 3.11. The third-order valence-corrected chi connectivity index (χ3v) is 5.21. The van der Waals surface area contributed by atoms with Crippen LogP contribution in [0.25, 0.3) is 11.1 Å². The molecule has 0 aliphatic carbocycles. The highest BCUT2D eigenvalue weighted by Crippen LogP contribution is 2.35. The van der Waals surface area contributed by atoms with Gasteiger partial charge < -0.3 is 14.4 Å². The fraction of sp³-hybridized carbons (Fsp3) is 0.421. The number of piperidine rings is 1. The number of benzene rings is 1. The lowest BCUT2D eigenvalue weighted by Crippen LogP contribution is -2.44. The maximum absolute atomic E-state index is 13.1. The average molecular weight is 331 g/mol. The molecule has 5 heteroatoms. The number of hydrogen-bond donors (Lipinski definition) is 1. The van der Waals surface area contributed by atoms with Gasteiger partial charge in [0.25, 0.3) is 5.91 Å². The molecule has 1 aliphatic heterocycles. The van der Waals surface area contributed by atoms with Gasteiger partial charge in [0.15, 0.2) is 5.76 Å². The van der Waals surface area contributed by atoms with E-state index in [2.05, 4.69) is 6.92 Å². The molecule has 1 aliphatic rings. The van der Waals surface area contributed by atoms with Crippen molar-refractivity contribution in [2.24, 2.45) is 5.41 Å². The first-order valence-corrected chi connectivity index (χ1v) is 8.32. The summed E-state index contributed by atoms with van der Waals surface area (Å²) in [4.78, 5) is 14.6. The molecule has 0 atom stereocenters. The molecule has 1 saturated heterocycles. The van der Waals surface area contributed by atoms with Gasteiger partial charge in [-0.3, -0.25) is 4.79 Å². The van der Waals surface area contributed by atoms with Crippen LogP contribution in [0.1, 0.15) is 36.7 Å². The van der Waals surface area contributed by atoms with E-state index in [1.807, 2.05) is 0 Å². The molecule has 0 radical (unpaired) electrons. The highest BCUT2D eigenvalue weighted by atomic mass is 19.1. The Morgan fingerprint density at radius 1 is 1.25 bits per heavy atom. The van der Waals surface area contributed by atoms with Crippen molar-refractivity contribution in [3.05, 3.63) is 48.2 Å². The number of carbonyl (C=O) groups is 1. The second-order valence-electron chi connectivity index (χ2n) is 6.47. The maximum atomic E-state index is 13.1. The van der Waals surface area contributed by atoms with E-state index < -0.39 is 0 Å². The van der Waals surface area contributed by atoms with E-state index in [9.17, 15) is 14.3 Å². The van der Waals surface area contributed by atoms with Gasteiger partial charge in [-0.25, -0.2) is 4.39 Å². The molecular weight excluding hydrogens is 309 g/mol. The number of aliphatic hydroxyl groups excluding tert-OH is 1. The lowest BCUT2D eigenvalue weighted by molar-refractivity contribution is 0.0321. The second-order valence-corrected chi connectivity index (χ2v) is 6.47. The summed E-state index contributed by atoms with van der Waals surface area (Å²) in [6, 6.07) is 7.75. The summed E-state index contributed by atoms with van der Waals surface area (Å²) in [5.74, 6) is -0.178. The molecule has 2 heterocycles. The number of amides is 1. The Hall–Kier alpha value is -2.14. The monoisotopic (exact) mass is 331 g/mol. The first-order chi connectivity index (χ1) is 11.6. The Labute approximate surface area is 140 Å². The fourth-order valence-corrected chi connectivity index (χ4v) is 3.28. The lowest BCUT2D eigenvalue weighted by Gasteiger charge is -2.40. The summed E-state index contributed by atoms with van der Waals surface area (Å²) in [5.41, 5.74) is 1.36. The normalized spacial score (nSPS) is 17.0. The molecule has 0 bridgehead atoms. The van der Waals surface area contributed by atoms with Gasteiger partial charge in [0.05, 0.1) is 6.26 Å². The Kier molecular flexibility index (Phi) is 4.71. The third-order valence-electron chi connectivity index (χ3n) is 5.21. The minimum Gasteiger partial charge on any atom is -0.459 e. The van der Waals surface area contributed by atoms with E-state index in [-0.39, 0.29) is 29.5 Å². The Morgan fingerprint density at radius 2 is 1.92 bits per heavy atom. The Bertz CT molecular complexity index is 694. The number of nitrogens with zero attached hydrogens (tertiary/aromatic N) is 1. The van der Waals surface area contributed by atoms with E-state index in [0.29, 0.717) is 18.7 Å². The molecule has 3 rings (SSSR count). The molecule has 1 aromatic heterocycles. The maximum Gasteiger partial charge on any atom is 0.290 e. The summed E-state index contributed by atoms with van der Waals surface area (Å²) in [5, 5.41) is 9.61. The zero-order valence-corrected chi connectivity index (χ0v) is 13.8. The van der Waals surface area contributed by atoms with Gasteiger partial charge in [0.2, 0.25) is 0 Å². The predicted octanol–water partition coefficient (Wildman–Crippen LogP) is 3.71. The number of hydrogen-bond acceptors (Lipinski definition) is 3. The van der Waals surface area contributed by atoms with Crippen LogP contribution in [-0.2, 0) is 0 Å². The molecule has 2 aromatic rings. The highest BCUT2D eigenvalue weighted by molar-refractivity contribution is 5.98. The van der Waals surface area contributed by atoms with Crippen LogP contribution >= 0.6 is 0 Å². The number of aliphatic hydroxyl groups is 1. The van der Waals surface area contributed by atoms with Gasteiger partial charge in [-0.1, -0.05) is 19.1 Å². The highest BCUT2D eigenvalue weighted by Gasteiger charge is 2.35. The summed E-state index contributed by atoms with van der Waals surface area (Å²) in [6.07, 6.45) is 3.98. The first-order valence-electron chi connectivity index (χ1n) is 8.32. The van der Waals surface area contributed by atoms with Crippen molar-refractivity contribution in [2.45, 2.75) is 26.2 Å². The van der Waals surface area contributed by atoms with E-state index in [0.717, 1.165) is 24.8 Å². The van der Waals surface area contributed by atoms with Crippen LogP contribution < -0.4 is 0 Å². The molecular formula is C19H22FNO3. The molecule has 1 N–H and O–H groups in total. The predicted molar refractivity (Wildman–Crippen MR) is 89.0 cm³/mol. The Balaban J connectivity index is 1.78. The summed E-state index contributed by atoms with van der Waals surface area (Å²) in [6.45, 7) is 3.45. The zero-order valence-electron chi connectivity index (χ0n) is 13.8. The molecule has 4 nitrogen and oxygen atoms in total. The van der Waals surface area contributed by atoms with Crippen molar-refractivity contribution in [2.75, 3.05) is 19.7 Å². The van der Waals surface area contributed by atoms with Crippen LogP contribution in [0.3, 0.4) is 0 Å². The molecule has 1 amide bonds. The van der Waals surface area contributed by atoms with E-state index in [4.69, 9.17) is 4.42 Å². The quantitative estimate of drug-likeness (QED) is 0.929. The largest absolute Gasteiger partial charge is 0.459 e. The van der Waals surface area contributed by atoms with Gasteiger partial charge in [-0.15, -0.1) is 0 Å². The van der Waals surface area contributed by atoms with Gasteiger partial charge in [-0.2, -0.15) is 0 Å². The van der Waals surface area contributed by atoms with Gasteiger partial charge in [0.1, 0.15) is 5.82 Å². The van der Waals surface area contributed by atoms with Crippen molar-refractivity contribution in [1.82, 2.24) is 4.90 Å². The third kappa shape index (κ3) is 3.08.